The molecule has 1 aliphatic carbocycles. The number of nitrogens with one attached hydrogen (secondary N) is 1. The lowest BCUT2D eigenvalue weighted by molar-refractivity contribution is -0.137. The van der Waals surface area contributed by atoms with Gasteiger partial charge in [0.05, 0.1) is 5.92 Å². The van der Waals surface area contributed by atoms with Gasteiger partial charge >= 0.3 is 0 Å². The van der Waals surface area contributed by atoms with Gasteiger partial charge in [-0.15, -0.1) is 0 Å². The Morgan fingerprint density at radius 2 is 2.08 bits per heavy atom. The van der Waals surface area contributed by atoms with Crippen LogP contribution in [0.2, 0.25) is 0 Å². The molecule has 0 aromatic carbocycles. The highest BCUT2D eigenvalue weighted by Crippen LogP contribution is 2.45. The first-order valence-corrected chi connectivity index (χ1v) is 6.40. The van der Waals surface area contributed by atoms with Crippen LogP contribution in [0.5, 0.6) is 0 Å². The molecular weight excluding hydrogens is 182 g/mol. The summed E-state index contributed by atoms with van der Waals surface area (Å²) < 4.78 is 0. The van der Waals surface area contributed by atoms with E-state index in [0.717, 1.165) is 11.8 Å². The van der Waals surface area contributed by atoms with E-state index in [9.17, 15) is 4.79 Å². The molecule has 3 fully saturated rings. The lowest BCUT2D eigenvalue weighted by Crippen LogP contribution is -2.62. The molecule has 0 bridgehead atoms. The summed E-state index contributed by atoms with van der Waals surface area (Å²) >= 11 is 2.04. The van der Waals surface area contributed by atoms with Crippen molar-refractivity contribution in [2.45, 2.75) is 25.3 Å². The number of carbonyl (C=O) groups is 1. The second-order valence-electron chi connectivity index (χ2n) is 4.52. The van der Waals surface area contributed by atoms with Crippen molar-refractivity contribution in [3.05, 3.63) is 0 Å². The zero-order valence-electron chi connectivity index (χ0n) is 7.66. The van der Waals surface area contributed by atoms with E-state index in [-0.39, 0.29) is 0 Å². The molecule has 2 aliphatic heterocycles. The van der Waals surface area contributed by atoms with E-state index in [0.29, 0.717) is 17.9 Å². The van der Waals surface area contributed by atoms with Crippen LogP contribution in [0, 0.1) is 17.8 Å². The largest absolute Gasteiger partial charge is 0.352 e. The highest BCUT2D eigenvalue weighted by atomic mass is 32.2. The van der Waals surface area contributed by atoms with E-state index in [1.54, 1.807) is 0 Å². The van der Waals surface area contributed by atoms with Crippen LogP contribution in [0.3, 0.4) is 0 Å². The molecule has 0 radical (unpaired) electrons. The Bertz CT molecular complexity index is 233. The van der Waals surface area contributed by atoms with E-state index in [4.69, 9.17) is 0 Å². The van der Waals surface area contributed by atoms with Gasteiger partial charge in [-0.05, 0) is 42.6 Å². The predicted octanol–water partition coefficient (Wildman–Crippen LogP) is 1.26. The van der Waals surface area contributed by atoms with Gasteiger partial charge in [0, 0.05) is 6.04 Å². The summed E-state index contributed by atoms with van der Waals surface area (Å²) in [6.45, 7) is 0. The minimum Gasteiger partial charge on any atom is -0.352 e. The molecule has 1 saturated carbocycles. The molecule has 3 aliphatic rings. The third kappa shape index (κ3) is 1.28. The average molecular weight is 197 g/mol. The molecule has 2 nitrogen and oxygen atoms in total. The quantitative estimate of drug-likeness (QED) is 0.675. The third-order valence-corrected chi connectivity index (χ3v) is 4.79. The van der Waals surface area contributed by atoms with Crippen molar-refractivity contribution in [1.82, 2.24) is 5.32 Å². The fourth-order valence-electron chi connectivity index (χ4n) is 2.63. The van der Waals surface area contributed by atoms with Crippen LogP contribution < -0.4 is 5.32 Å². The van der Waals surface area contributed by atoms with Crippen molar-refractivity contribution < 1.29 is 4.79 Å². The van der Waals surface area contributed by atoms with E-state index in [1.165, 1.54) is 30.8 Å². The lowest BCUT2D eigenvalue weighted by Gasteiger charge is -2.40. The Morgan fingerprint density at radius 3 is 2.62 bits per heavy atom. The minimum absolute atomic E-state index is 0.337. The summed E-state index contributed by atoms with van der Waals surface area (Å²) in [5, 5.41) is 3.10. The van der Waals surface area contributed by atoms with Crippen LogP contribution in [0.25, 0.3) is 0 Å². The van der Waals surface area contributed by atoms with Crippen molar-refractivity contribution in [1.29, 1.82) is 0 Å². The Labute approximate surface area is 82.8 Å². The normalized spacial score (nSPS) is 44.3. The molecule has 72 valence electrons. The fourth-order valence-corrected chi connectivity index (χ4v) is 3.94. The molecular formula is C10H15NOS. The second-order valence-corrected chi connectivity index (χ2v) is 5.67. The van der Waals surface area contributed by atoms with Gasteiger partial charge in [0.25, 0.3) is 0 Å². The maximum Gasteiger partial charge on any atom is 0.225 e. The fraction of sp³-hybridized carbons (Fsp3) is 0.900. The van der Waals surface area contributed by atoms with Crippen LogP contribution >= 0.6 is 11.8 Å². The number of amides is 1. The van der Waals surface area contributed by atoms with Crippen molar-refractivity contribution in [2.75, 3.05) is 11.5 Å². The van der Waals surface area contributed by atoms with Crippen molar-refractivity contribution in [3.63, 3.8) is 0 Å². The predicted molar refractivity (Wildman–Crippen MR) is 53.6 cm³/mol. The molecule has 3 atom stereocenters. The van der Waals surface area contributed by atoms with Crippen LogP contribution in [-0.4, -0.2) is 23.5 Å². The first kappa shape index (κ1) is 8.16. The molecule has 0 aromatic rings. The summed E-state index contributed by atoms with van der Waals surface area (Å²) in [4.78, 5) is 11.4. The summed E-state index contributed by atoms with van der Waals surface area (Å²) in [6.07, 6.45) is 3.92. The zero-order chi connectivity index (χ0) is 8.84. The number of β-lactam (4-membered cyclic amide) rings is 1. The zero-order valence-corrected chi connectivity index (χ0v) is 8.48. The monoisotopic (exact) mass is 197 g/mol. The number of carbonyl (C=O) groups excluding carboxylic acids is 1. The van der Waals surface area contributed by atoms with Gasteiger partial charge in [-0.25, -0.2) is 0 Å². The first-order valence-electron chi connectivity index (χ1n) is 5.24. The van der Waals surface area contributed by atoms with Gasteiger partial charge in [-0.2, -0.15) is 11.8 Å². The summed E-state index contributed by atoms with van der Waals surface area (Å²) in [7, 11) is 0. The topological polar surface area (TPSA) is 29.1 Å². The van der Waals surface area contributed by atoms with Gasteiger partial charge in [0.1, 0.15) is 0 Å². The molecule has 0 aromatic heterocycles. The summed E-state index contributed by atoms with van der Waals surface area (Å²) in [6, 6.07) is 0.551. The molecule has 1 amide bonds. The highest BCUT2D eigenvalue weighted by Gasteiger charge is 2.51. The van der Waals surface area contributed by atoms with Crippen molar-refractivity contribution in [3.8, 4) is 0 Å². The molecule has 2 heterocycles. The maximum atomic E-state index is 11.4. The van der Waals surface area contributed by atoms with Crippen LogP contribution in [0.4, 0.5) is 0 Å². The highest BCUT2D eigenvalue weighted by molar-refractivity contribution is 7.99. The number of hydrogen-bond acceptors (Lipinski definition) is 2. The Hall–Kier alpha value is -0.180. The van der Waals surface area contributed by atoms with Gasteiger partial charge in [0.15, 0.2) is 0 Å². The first-order chi connectivity index (χ1) is 6.36. The van der Waals surface area contributed by atoms with E-state index >= 15 is 0 Å². The van der Waals surface area contributed by atoms with E-state index < -0.39 is 0 Å². The molecule has 3 heteroatoms. The molecule has 3 unspecified atom stereocenters. The molecule has 13 heavy (non-hydrogen) atoms. The summed E-state index contributed by atoms with van der Waals surface area (Å²) in [5.74, 6) is 4.86. The summed E-state index contributed by atoms with van der Waals surface area (Å²) in [5.41, 5.74) is 0. The molecule has 3 rings (SSSR count). The maximum absolute atomic E-state index is 11.4. The van der Waals surface area contributed by atoms with E-state index in [2.05, 4.69) is 5.32 Å². The van der Waals surface area contributed by atoms with E-state index in [1.807, 2.05) is 11.8 Å². The van der Waals surface area contributed by atoms with Crippen molar-refractivity contribution in [2.24, 2.45) is 17.8 Å². The number of hydrogen-bond donors (Lipinski definition) is 1. The third-order valence-electron chi connectivity index (χ3n) is 3.60. The molecule has 0 spiro atoms. The SMILES string of the molecule is O=C1NC(C2CCSC2)C1C1CC1. The van der Waals surface area contributed by atoms with Gasteiger partial charge in [-0.3, -0.25) is 4.79 Å². The van der Waals surface area contributed by atoms with Gasteiger partial charge < -0.3 is 5.32 Å². The van der Waals surface area contributed by atoms with Gasteiger partial charge in [-0.1, -0.05) is 0 Å². The lowest BCUT2D eigenvalue weighted by atomic mass is 9.78. The number of rotatable bonds is 2. The Morgan fingerprint density at radius 1 is 1.23 bits per heavy atom. The smallest absolute Gasteiger partial charge is 0.225 e. The standard InChI is InChI=1S/C10H15NOS/c12-10-8(6-1-2-6)9(11-10)7-3-4-13-5-7/h6-9H,1-5H2,(H,11,12). The molecule has 2 saturated heterocycles. The second kappa shape index (κ2) is 2.91. The van der Waals surface area contributed by atoms with Crippen LogP contribution in [-0.2, 0) is 4.79 Å². The Balaban J connectivity index is 1.67. The van der Waals surface area contributed by atoms with Crippen molar-refractivity contribution >= 4 is 17.7 Å². The van der Waals surface area contributed by atoms with Gasteiger partial charge in [0.2, 0.25) is 5.91 Å². The average Bonchev–Trinajstić information content (AvgIpc) is 2.77. The minimum atomic E-state index is 0.337. The Kier molecular flexibility index (Phi) is 1.82. The van der Waals surface area contributed by atoms with Crippen LogP contribution in [0.15, 0.2) is 0 Å². The molecule has 1 N–H and O–H groups in total. The van der Waals surface area contributed by atoms with Crippen LogP contribution in [0.1, 0.15) is 19.3 Å². The number of thioether (sulfide) groups is 1.